The summed E-state index contributed by atoms with van der Waals surface area (Å²) in [6.07, 6.45) is 1.92. The molecule has 0 amide bonds. The maximum atomic E-state index is 6.75. The van der Waals surface area contributed by atoms with Crippen molar-refractivity contribution < 1.29 is 9.15 Å². The van der Waals surface area contributed by atoms with Crippen molar-refractivity contribution in [1.82, 2.24) is 9.55 Å². The number of furan rings is 1. The molecular formula is C52H40N4O2. The molecule has 7 aromatic carbocycles. The van der Waals surface area contributed by atoms with Gasteiger partial charge in [0.25, 0.3) is 0 Å². The van der Waals surface area contributed by atoms with Gasteiger partial charge in [-0.25, -0.2) is 4.98 Å². The minimum atomic E-state index is -0.0237. The molecule has 4 heterocycles. The molecule has 0 aliphatic carbocycles. The largest absolute Gasteiger partial charge is 0.457 e. The number of aromatic nitrogens is 2. The number of hydrogen-bond donors (Lipinski definition) is 0. The Balaban J connectivity index is 0.980. The van der Waals surface area contributed by atoms with Gasteiger partial charge in [-0.1, -0.05) is 99.6 Å². The third-order valence-corrected chi connectivity index (χ3v) is 11.5. The zero-order valence-corrected chi connectivity index (χ0v) is 32.6. The van der Waals surface area contributed by atoms with Crippen LogP contribution in [0.3, 0.4) is 0 Å². The summed E-state index contributed by atoms with van der Waals surface area (Å²) in [4.78, 5) is 9.66. The van der Waals surface area contributed by atoms with E-state index in [-0.39, 0.29) is 5.41 Å². The second kappa shape index (κ2) is 13.1. The molecule has 11 rings (SSSR count). The summed E-state index contributed by atoms with van der Waals surface area (Å²) in [5.74, 6) is 2.40. The third kappa shape index (κ3) is 5.59. The highest BCUT2D eigenvalue weighted by Gasteiger charge is 2.30. The Bertz CT molecular complexity index is 3190. The van der Waals surface area contributed by atoms with E-state index in [0.29, 0.717) is 6.67 Å². The lowest BCUT2D eigenvalue weighted by atomic mass is 9.88. The molecule has 0 saturated carbocycles. The zero-order valence-electron chi connectivity index (χ0n) is 32.6. The normalized spacial score (nSPS) is 12.9. The van der Waals surface area contributed by atoms with Gasteiger partial charge < -0.3 is 19.0 Å². The van der Waals surface area contributed by atoms with Crippen LogP contribution in [0.2, 0.25) is 0 Å². The van der Waals surface area contributed by atoms with Crippen molar-refractivity contribution in [3.05, 3.63) is 182 Å². The van der Waals surface area contributed by atoms with E-state index >= 15 is 0 Å². The van der Waals surface area contributed by atoms with E-state index < -0.39 is 0 Å². The number of fused-ring (bicyclic) bond motifs is 7. The van der Waals surface area contributed by atoms with Crippen LogP contribution in [0.4, 0.5) is 22.7 Å². The van der Waals surface area contributed by atoms with Crippen LogP contribution in [0.25, 0.3) is 60.7 Å². The number of pyridine rings is 1. The summed E-state index contributed by atoms with van der Waals surface area (Å²) in [6.45, 7) is 7.36. The lowest BCUT2D eigenvalue weighted by Gasteiger charge is -2.23. The fourth-order valence-electron chi connectivity index (χ4n) is 8.60. The number of para-hydroxylation sites is 3. The summed E-state index contributed by atoms with van der Waals surface area (Å²) in [5, 5.41) is 4.55. The highest BCUT2D eigenvalue weighted by molar-refractivity contribution is 6.13. The van der Waals surface area contributed by atoms with Gasteiger partial charge in [0.2, 0.25) is 0 Å². The first-order valence-electron chi connectivity index (χ1n) is 19.8. The van der Waals surface area contributed by atoms with Crippen molar-refractivity contribution in [3.8, 4) is 28.4 Å². The first kappa shape index (κ1) is 34.0. The second-order valence-electron chi connectivity index (χ2n) is 16.1. The molecule has 0 atom stereocenters. The van der Waals surface area contributed by atoms with Crippen LogP contribution < -0.4 is 14.5 Å². The van der Waals surface area contributed by atoms with E-state index in [1.807, 2.05) is 24.4 Å². The van der Waals surface area contributed by atoms with Crippen molar-refractivity contribution in [1.29, 1.82) is 0 Å². The Hall–Kier alpha value is -7.31. The average Bonchev–Trinajstić information content (AvgIpc) is 3.93. The summed E-state index contributed by atoms with van der Waals surface area (Å²) >= 11 is 0. The molecule has 6 nitrogen and oxygen atoms in total. The standard InChI is InChI=1S/C52H40N4O2/c1-52(2,3)36-27-28-53-50(30-36)56-43-26-23-35(34-13-5-4-6-14-34)29-42(43)40-25-24-39(32-47(40)56)57-38-16-11-15-37(31-38)54-33-55(45-19-9-8-18-44(45)54)46-20-12-22-49-51(46)41-17-7-10-21-48(41)58-49/h4-32H,33H2,1-3H3. The van der Waals surface area contributed by atoms with Gasteiger partial charge in [-0.2, -0.15) is 0 Å². The molecule has 10 aromatic rings. The van der Waals surface area contributed by atoms with Gasteiger partial charge in [-0.05, 0) is 101 Å². The van der Waals surface area contributed by atoms with Gasteiger partial charge in [-0.15, -0.1) is 0 Å². The molecule has 0 fully saturated rings. The predicted molar refractivity (Wildman–Crippen MR) is 239 cm³/mol. The SMILES string of the molecule is CC(C)(C)c1ccnc(-n2c3ccc(-c4ccccc4)cc3c3ccc(Oc4cccc(N5CN(c6cccc7oc8ccccc8c67)c6ccccc65)c4)cc32)c1. The van der Waals surface area contributed by atoms with Gasteiger partial charge >= 0.3 is 0 Å². The van der Waals surface area contributed by atoms with Crippen LogP contribution >= 0.6 is 0 Å². The van der Waals surface area contributed by atoms with Gasteiger partial charge in [0, 0.05) is 40.2 Å². The smallest absolute Gasteiger partial charge is 0.137 e. The van der Waals surface area contributed by atoms with Crippen molar-refractivity contribution in [3.63, 3.8) is 0 Å². The van der Waals surface area contributed by atoms with Crippen LogP contribution in [-0.4, -0.2) is 16.2 Å². The molecular weight excluding hydrogens is 713 g/mol. The Kier molecular flexibility index (Phi) is 7.70. The van der Waals surface area contributed by atoms with Gasteiger partial charge in [-0.3, -0.25) is 4.57 Å². The molecule has 0 unspecified atom stereocenters. The van der Waals surface area contributed by atoms with Gasteiger partial charge in [0.05, 0.1) is 33.5 Å². The Morgan fingerprint density at radius 3 is 2.14 bits per heavy atom. The molecule has 280 valence electrons. The zero-order chi connectivity index (χ0) is 39.0. The summed E-state index contributed by atoms with van der Waals surface area (Å²) < 4.78 is 15.3. The molecule has 1 aliphatic heterocycles. The summed E-state index contributed by atoms with van der Waals surface area (Å²) in [6, 6.07) is 59.6. The summed E-state index contributed by atoms with van der Waals surface area (Å²) in [7, 11) is 0. The van der Waals surface area contributed by atoms with Crippen LogP contribution in [0.15, 0.2) is 180 Å². The minimum absolute atomic E-state index is 0.0237. The molecule has 58 heavy (non-hydrogen) atoms. The van der Waals surface area contributed by atoms with Crippen LogP contribution in [0.5, 0.6) is 11.5 Å². The molecule has 0 radical (unpaired) electrons. The number of anilines is 4. The highest BCUT2D eigenvalue weighted by Crippen LogP contribution is 2.48. The van der Waals surface area contributed by atoms with Crippen LogP contribution in [0.1, 0.15) is 26.3 Å². The van der Waals surface area contributed by atoms with Crippen molar-refractivity contribution in [2.75, 3.05) is 16.5 Å². The number of ether oxygens (including phenoxy) is 1. The molecule has 6 heteroatoms. The monoisotopic (exact) mass is 752 g/mol. The molecule has 0 saturated heterocycles. The van der Waals surface area contributed by atoms with E-state index in [1.54, 1.807) is 0 Å². The number of benzene rings is 7. The van der Waals surface area contributed by atoms with Crippen LogP contribution in [-0.2, 0) is 5.41 Å². The van der Waals surface area contributed by atoms with Crippen molar-refractivity contribution in [2.24, 2.45) is 0 Å². The average molecular weight is 753 g/mol. The van der Waals surface area contributed by atoms with Gasteiger partial charge in [0.15, 0.2) is 0 Å². The fraction of sp³-hybridized carbons (Fsp3) is 0.0962. The quantitative estimate of drug-likeness (QED) is 0.169. The van der Waals surface area contributed by atoms with E-state index in [2.05, 4.69) is 187 Å². The first-order valence-corrected chi connectivity index (χ1v) is 19.8. The third-order valence-electron chi connectivity index (χ3n) is 11.5. The Labute approximate surface area is 336 Å². The lowest BCUT2D eigenvalue weighted by Crippen LogP contribution is -2.24. The van der Waals surface area contributed by atoms with Crippen LogP contribution in [0, 0.1) is 0 Å². The molecule has 3 aromatic heterocycles. The van der Waals surface area contributed by atoms with Crippen molar-refractivity contribution >= 4 is 66.5 Å². The number of hydrogen-bond acceptors (Lipinski definition) is 5. The van der Waals surface area contributed by atoms with E-state index in [4.69, 9.17) is 14.1 Å². The highest BCUT2D eigenvalue weighted by atomic mass is 16.5. The maximum Gasteiger partial charge on any atom is 0.137 e. The first-order chi connectivity index (χ1) is 28.4. The predicted octanol–water partition coefficient (Wildman–Crippen LogP) is 14.1. The van der Waals surface area contributed by atoms with E-state index in [9.17, 15) is 0 Å². The van der Waals surface area contributed by atoms with Gasteiger partial charge in [0.1, 0.15) is 35.2 Å². The Morgan fingerprint density at radius 2 is 1.28 bits per heavy atom. The van der Waals surface area contributed by atoms with E-state index in [0.717, 1.165) is 78.4 Å². The van der Waals surface area contributed by atoms with Crippen molar-refractivity contribution in [2.45, 2.75) is 26.2 Å². The Morgan fingerprint density at radius 1 is 0.534 bits per heavy atom. The topological polar surface area (TPSA) is 46.7 Å². The molecule has 0 bridgehead atoms. The fourth-order valence-corrected chi connectivity index (χ4v) is 8.60. The lowest BCUT2D eigenvalue weighted by molar-refractivity contribution is 0.483. The maximum absolute atomic E-state index is 6.75. The number of nitrogens with zero attached hydrogens (tertiary/aromatic N) is 4. The molecule has 0 spiro atoms. The van der Waals surface area contributed by atoms with E-state index in [1.165, 1.54) is 22.1 Å². The second-order valence-corrected chi connectivity index (χ2v) is 16.1. The minimum Gasteiger partial charge on any atom is -0.457 e. The number of rotatable bonds is 6. The molecule has 1 aliphatic rings. The summed E-state index contributed by atoms with van der Waals surface area (Å²) in [5.41, 5.74) is 11.9. The molecule has 0 N–H and O–H groups in total.